The van der Waals surface area contributed by atoms with Gasteiger partial charge >= 0.3 is 6.09 Å². The molecular weight excluding hydrogens is 322 g/mol. The van der Waals surface area contributed by atoms with Gasteiger partial charge in [-0.05, 0) is 36.4 Å². The number of anilines is 2. The summed E-state index contributed by atoms with van der Waals surface area (Å²) in [6.45, 7) is 0. The van der Waals surface area contributed by atoms with Crippen LogP contribution in [0.15, 0.2) is 79.0 Å². The maximum absolute atomic E-state index is 12.7. The number of nitro groups is 1. The molecule has 25 heavy (non-hydrogen) atoms. The summed E-state index contributed by atoms with van der Waals surface area (Å²) in [6.07, 6.45) is 0.906. The second-order valence-corrected chi connectivity index (χ2v) is 4.98. The van der Waals surface area contributed by atoms with Gasteiger partial charge in [-0.2, -0.15) is 0 Å². The second kappa shape index (κ2) is 7.22. The first-order chi connectivity index (χ1) is 12.1. The third kappa shape index (κ3) is 3.78. The molecule has 1 amide bonds. The summed E-state index contributed by atoms with van der Waals surface area (Å²) in [5.41, 5.74) is 0.512. The van der Waals surface area contributed by atoms with Crippen molar-refractivity contribution in [2.24, 2.45) is 0 Å². The van der Waals surface area contributed by atoms with Crippen LogP contribution in [-0.4, -0.2) is 16.0 Å². The van der Waals surface area contributed by atoms with Gasteiger partial charge in [-0.25, -0.2) is 14.7 Å². The number of rotatable bonds is 4. The number of carbonyl (C=O) groups is 1. The summed E-state index contributed by atoms with van der Waals surface area (Å²) < 4.78 is 5.34. The van der Waals surface area contributed by atoms with Crippen LogP contribution in [0.25, 0.3) is 0 Å². The van der Waals surface area contributed by atoms with Crippen molar-refractivity contribution < 1.29 is 14.5 Å². The summed E-state index contributed by atoms with van der Waals surface area (Å²) in [5.74, 6) is 0.605. The van der Waals surface area contributed by atoms with Crippen molar-refractivity contribution in [3.05, 3.63) is 89.1 Å². The maximum atomic E-state index is 12.7. The lowest BCUT2D eigenvalue weighted by molar-refractivity contribution is -0.384. The van der Waals surface area contributed by atoms with Gasteiger partial charge in [-0.15, -0.1) is 0 Å². The normalized spacial score (nSPS) is 10.1. The van der Waals surface area contributed by atoms with E-state index in [0.717, 1.165) is 0 Å². The lowest BCUT2D eigenvalue weighted by atomic mass is 10.3. The molecule has 0 fully saturated rings. The highest BCUT2D eigenvalue weighted by Crippen LogP contribution is 2.25. The Morgan fingerprint density at radius 2 is 1.64 bits per heavy atom. The van der Waals surface area contributed by atoms with E-state index in [1.54, 1.807) is 48.7 Å². The number of amides is 1. The number of nitro benzene ring substituents is 1. The van der Waals surface area contributed by atoms with Gasteiger partial charge in [-0.3, -0.25) is 10.1 Å². The van der Waals surface area contributed by atoms with E-state index >= 15 is 0 Å². The molecule has 0 aliphatic carbocycles. The Kier molecular flexibility index (Phi) is 4.66. The lowest BCUT2D eigenvalue weighted by Gasteiger charge is -2.21. The average molecular weight is 335 g/mol. The van der Waals surface area contributed by atoms with Gasteiger partial charge < -0.3 is 4.74 Å². The van der Waals surface area contributed by atoms with Gasteiger partial charge in [0.1, 0.15) is 11.6 Å². The fourth-order valence-electron chi connectivity index (χ4n) is 2.18. The van der Waals surface area contributed by atoms with E-state index in [-0.39, 0.29) is 11.4 Å². The molecule has 124 valence electrons. The molecule has 0 saturated carbocycles. The van der Waals surface area contributed by atoms with Gasteiger partial charge in [0, 0.05) is 18.3 Å². The molecule has 7 heteroatoms. The zero-order valence-corrected chi connectivity index (χ0v) is 13.0. The Labute approximate surface area is 143 Å². The number of ether oxygens (including phenoxy) is 1. The van der Waals surface area contributed by atoms with Crippen molar-refractivity contribution in [1.82, 2.24) is 4.98 Å². The van der Waals surface area contributed by atoms with Crippen LogP contribution in [0.2, 0.25) is 0 Å². The molecule has 0 N–H and O–H groups in total. The highest BCUT2D eigenvalue weighted by molar-refractivity contribution is 5.96. The number of benzene rings is 2. The summed E-state index contributed by atoms with van der Waals surface area (Å²) in [7, 11) is 0. The molecule has 0 aliphatic heterocycles. The highest BCUT2D eigenvalue weighted by Gasteiger charge is 2.21. The SMILES string of the molecule is O=C(Oc1ccc([N+](=O)[O-])cc1)N(c1ccccc1)c1ccccn1. The topological polar surface area (TPSA) is 85.6 Å². The lowest BCUT2D eigenvalue weighted by Crippen LogP contribution is -2.29. The monoisotopic (exact) mass is 335 g/mol. The summed E-state index contributed by atoms with van der Waals surface area (Å²) in [6, 6.07) is 19.4. The van der Waals surface area contributed by atoms with Crippen LogP contribution in [-0.2, 0) is 0 Å². The first-order valence-electron chi connectivity index (χ1n) is 7.37. The van der Waals surface area contributed by atoms with Gasteiger partial charge in [0.05, 0.1) is 10.6 Å². The zero-order valence-electron chi connectivity index (χ0n) is 13.0. The van der Waals surface area contributed by atoms with Crippen molar-refractivity contribution >= 4 is 23.3 Å². The third-order valence-electron chi connectivity index (χ3n) is 3.33. The first kappa shape index (κ1) is 16.1. The van der Waals surface area contributed by atoms with Crippen molar-refractivity contribution in [2.45, 2.75) is 0 Å². The molecule has 0 radical (unpaired) electrons. The molecule has 2 aromatic carbocycles. The van der Waals surface area contributed by atoms with Gasteiger partial charge in [-0.1, -0.05) is 24.3 Å². The molecule has 0 aliphatic rings. The largest absolute Gasteiger partial charge is 0.425 e. The number of non-ortho nitro benzene ring substituents is 1. The molecule has 3 aromatic rings. The fraction of sp³-hybridized carbons (Fsp3) is 0. The van der Waals surface area contributed by atoms with Crippen LogP contribution in [0.5, 0.6) is 5.75 Å². The third-order valence-corrected chi connectivity index (χ3v) is 3.33. The van der Waals surface area contributed by atoms with Crippen molar-refractivity contribution in [3.8, 4) is 5.75 Å². The predicted molar refractivity (Wildman–Crippen MR) is 91.9 cm³/mol. The molecular formula is C18H13N3O4. The van der Waals surface area contributed by atoms with Crippen LogP contribution < -0.4 is 9.64 Å². The van der Waals surface area contributed by atoms with E-state index in [0.29, 0.717) is 11.5 Å². The van der Waals surface area contributed by atoms with Crippen molar-refractivity contribution in [3.63, 3.8) is 0 Å². The average Bonchev–Trinajstić information content (AvgIpc) is 2.64. The van der Waals surface area contributed by atoms with E-state index in [1.165, 1.54) is 29.2 Å². The molecule has 0 atom stereocenters. The second-order valence-electron chi connectivity index (χ2n) is 4.98. The number of hydrogen-bond acceptors (Lipinski definition) is 5. The van der Waals surface area contributed by atoms with E-state index in [9.17, 15) is 14.9 Å². The number of hydrogen-bond donors (Lipinski definition) is 0. The minimum absolute atomic E-state index is 0.0792. The van der Waals surface area contributed by atoms with E-state index < -0.39 is 11.0 Å². The Bertz CT molecular complexity index is 828. The number of aromatic nitrogens is 1. The standard InChI is InChI=1S/C18H13N3O4/c22-18(25-16-11-9-15(10-12-16)21(23)24)20(14-6-2-1-3-7-14)17-8-4-5-13-19-17/h1-13H. The Balaban J connectivity index is 1.88. The number of para-hydroxylation sites is 1. The van der Waals surface area contributed by atoms with Crippen LogP contribution >= 0.6 is 0 Å². The Morgan fingerprint density at radius 3 is 2.24 bits per heavy atom. The molecule has 0 unspecified atom stereocenters. The molecule has 3 rings (SSSR count). The molecule has 0 spiro atoms. The van der Waals surface area contributed by atoms with E-state index in [2.05, 4.69) is 4.98 Å². The minimum Gasteiger partial charge on any atom is -0.410 e. The predicted octanol–water partition coefficient (Wildman–Crippen LogP) is 4.33. The first-order valence-corrected chi connectivity index (χ1v) is 7.37. The molecule has 1 aromatic heterocycles. The molecule has 0 saturated heterocycles. The minimum atomic E-state index is -0.668. The van der Waals surface area contributed by atoms with E-state index in [1.807, 2.05) is 6.07 Å². The van der Waals surface area contributed by atoms with E-state index in [4.69, 9.17) is 4.74 Å². The highest BCUT2D eigenvalue weighted by atomic mass is 16.6. The Morgan fingerprint density at radius 1 is 0.960 bits per heavy atom. The van der Waals surface area contributed by atoms with Crippen LogP contribution in [0.3, 0.4) is 0 Å². The smallest absolute Gasteiger partial charge is 0.410 e. The maximum Gasteiger partial charge on any atom is 0.425 e. The fourth-order valence-corrected chi connectivity index (χ4v) is 2.18. The molecule has 7 nitrogen and oxygen atoms in total. The number of carbonyl (C=O) groups excluding carboxylic acids is 1. The summed E-state index contributed by atoms with van der Waals surface area (Å²) in [5, 5.41) is 10.7. The van der Waals surface area contributed by atoms with Crippen LogP contribution in [0, 0.1) is 10.1 Å². The quantitative estimate of drug-likeness (QED) is 0.523. The summed E-state index contributed by atoms with van der Waals surface area (Å²) >= 11 is 0. The van der Waals surface area contributed by atoms with Crippen LogP contribution in [0.4, 0.5) is 22.0 Å². The van der Waals surface area contributed by atoms with Crippen LogP contribution in [0.1, 0.15) is 0 Å². The molecule has 1 heterocycles. The van der Waals surface area contributed by atoms with Gasteiger partial charge in [0.2, 0.25) is 0 Å². The molecule has 0 bridgehead atoms. The van der Waals surface area contributed by atoms with Crippen molar-refractivity contribution in [1.29, 1.82) is 0 Å². The Hall–Kier alpha value is -3.74. The zero-order chi connectivity index (χ0) is 17.6. The number of nitrogens with zero attached hydrogens (tertiary/aromatic N) is 3. The van der Waals surface area contributed by atoms with Gasteiger partial charge in [0.15, 0.2) is 0 Å². The summed E-state index contributed by atoms with van der Waals surface area (Å²) in [4.78, 5) is 28.4. The number of pyridine rings is 1. The van der Waals surface area contributed by atoms with Gasteiger partial charge in [0.25, 0.3) is 5.69 Å². The van der Waals surface area contributed by atoms with Crippen molar-refractivity contribution in [2.75, 3.05) is 4.90 Å².